The van der Waals surface area contributed by atoms with Crippen LogP contribution in [0.1, 0.15) is 18.1 Å². The molecule has 0 N–H and O–H groups in total. The van der Waals surface area contributed by atoms with Crippen LogP contribution < -0.4 is 14.2 Å². The van der Waals surface area contributed by atoms with Gasteiger partial charge in [0.25, 0.3) is 0 Å². The number of benzene rings is 3. The Labute approximate surface area is 172 Å². The Balaban J connectivity index is 1.87. The van der Waals surface area contributed by atoms with Gasteiger partial charge >= 0.3 is 0 Å². The molecule has 0 saturated heterocycles. The summed E-state index contributed by atoms with van der Waals surface area (Å²) in [6.07, 6.45) is 1.65. The number of ether oxygens (including phenoxy) is 3. The second kappa shape index (κ2) is 9.60. The fraction of sp³-hybridized carbons (Fsp3) is 0.160. The Hall–Kier alpha value is -3.53. The molecule has 0 fully saturated rings. The van der Waals surface area contributed by atoms with Crippen molar-refractivity contribution in [3.8, 4) is 17.2 Å². The average Bonchev–Trinajstić information content (AvgIpc) is 2.72. The van der Waals surface area contributed by atoms with Gasteiger partial charge in [0.2, 0.25) is 5.90 Å². The molecule has 3 rings (SSSR count). The fourth-order valence-corrected chi connectivity index (χ4v) is 2.78. The normalized spacial score (nSPS) is 11.9. The number of aryl methyl sites for hydroxylation is 2. The van der Waals surface area contributed by atoms with Gasteiger partial charge in [-0.2, -0.15) is 0 Å². The second-order valence-corrected chi connectivity index (χ2v) is 6.77. The molecule has 0 aliphatic carbocycles. The molecule has 0 bridgehead atoms. The van der Waals surface area contributed by atoms with E-state index >= 15 is 0 Å². The summed E-state index contributed by atoms with van der Waals surface area (Å²) in [5.41, 5.74) is 3.85. The van der Waals surface area contributed by atoms with E-state index in [-0.39, 0.29) is 0 Å². The minimum atomic E-state index is 0.481. The first-order valence-electron chi connectivity index (χ1n) is 9.41. The molecule has 148 valence electrons. The minimum Gasteiger partial charge on any atom is -0.497 e. The molecule has 3 aromatic carbocycles. The summed E-state index contributed by atoms with van der Waals surface area (Å²) in [5.74, 6) is 2.71. The lowest BCUT2D eigenvalue weighted by Crippen LogP contribution is -2.11. The molecule has 0 saturated carbocycles. The topological polar surface area (TPSA) is 40.0 Å². The van der Waals surface area contributed by atoms with Crippen LogP contribution in [0.5, 0.6) is 17.2 Å². The molecule has 29 heavy (non-hydrogen) atoms. The number of rotatable bonds is 6. The Bertz CT molecular complexity index is 986. The molecule has 3 aromatic rings. The van der Waals surface area contributed by atoms with Crippen molar-refractivity contribution in [1.29, 1.82) is 0 Å². The van der Waals surface area contributed by atoms with Crippen molar-refractivity contribution in [2.75, 3.05) is 7.11 Å². The van der Waals surface area contributed by atoms with Gasteiger partial charge in [0.1, 0.15) is 17.2 Å². The molecule has 0 heterocycles. The van der Waals surface area contributed by atoms with Gasteiger partial charge in [0.05, 0.1) is 19.1 Å². The molecule has 0 atom stereocenters. The first-order valence-corrected chi connectivity index (χ1v) is 9.41. The maximum absolute atomic E-state index is 6.15. The Morgan fingerprint density at radius 2 is 1.41 bits per heavy atom. The first-order chi connectivity index (χ1) is 14.0. The van der Waals surface area contributed by atoms with Gasteiger partial charge in [-0.05, 0) is 80.4 Å². The zero-order chi connectivity index (χ0) is 20.6. The number of methoxy groups -OCH3 is 1. The van der Waals surface area contributed by atoms with Crippen LogP contribution in [0.2, 0.25) is 0 Å². The SMILES string of the molecule is COc1ccc(O/C=C(\C)C(=Nc2ccccc2)Oc2cc(C)cc(C)c2)cc1. The number of nitrogens with zero attached hydrogens (tertiary/aromatic N) is 1. The maximum atomic E-state index is 6.15. The largest absolute Gasteiger partial charge is 0.497 e. The maximum Gasteiger partial charge on any atom is 0.225 e. The third-order valence-electron chi connectivity index (χ3n) is 4.17. The van der Waals surface area contributed by atoms with Gasteiger partial charge in [0.15, 0.2) is 0 Å². The van der Waals surface area contributed by atoms with Gasteiger partial charge in [-0.15, -0.1) is 0 Å². The van der Waals surface area contributed by atoms with E-state index in [9.17, 15) is 0 Å². The molecule has 4 nitrogen and oxygen atoms in total. The van der Waals surface area contributed by atoms with Crippen molar-refractivity contribution in [1.82, 2.24) is 0 Å². The van der Waals surface area contributed by atoms with Crippen LogP contribution in [0, 0.1) is 13.8 Å². The molecule has 0 aliphatic heterocycles. The van der Waals surface area contributed by atoms with Crippen molar-refractivity contribution in [2.24, 2.45) is 4.99 Å². The summed E-state index contributed by atoms with van der Waals surface area (Å²) in [6.45, 7) is 6.00. The lowest BCUT2D eigenvalue weighted by molar-refractivity contribution is 0.412. The first kappa shape index (κ1) is 20.2. The molecule has 0 amide bonds. The highest BCUT2D eigenvalue weighted by Crippen LogP contribution is 2.21. The smallest absolute Gasteiger partial charge is 0.225 e. The lowest BCUT2D eigenvalue weighted by Gasteiger charge is -2.12. The highest BCUT2D eigenvalue weighted by molar-refractivity contribution is 5.96. The Morgan fingerprint density at radius 1 is 0.793 bits per heavy atom. The van der Waals surface area contributed by atoms with Crippen LogP contribution in [0.4, 0.5) is 5.69 Å². The van der Waals surface area contributed by atoms with Crippen LogP contribution >= 0.6 is 0 Å². The Morgan fingerprint density at radius 3 is 2.03 bits per heavy atom. The van der Waals surface area contributed by atoms with Gasteiger partial charge in [-0.1, -0.05) is 24.3 Å². The summed E-state index contributed by atoms with van der Waals surface area (Å²) in [4.78, 5) is 4.68. The summed E-state index contributed by atoms with van der Waals surface area (Å²) in [6, 6.07) is 23.2. The highest BCUT2D eigenvalue weighted by atomic mass is 16.5. The predicted octanol–water partition coefficient (Wildman–Crippen LogP) is 6.40. The van der Waals surface area contributed by atoms with Crippen molar-refractivity contribution in [2.45, 2.75) is 20.8 Å². The van der Waals surface area contributed by atoms with E-state index in [2.05, 4.69) is 11.1 Å². The molecular weight excluding hydrogens is 362 g/mol. The van der Waals surface area contributed by atoms with Crippen molar-refractivity contribution >= 4 is 11.6 Å². The van der Waals surface area contributed by atoms with E-state index in [0.717, 1.165) is 33.9 Å². The summed E-state index contributed by atoms with van der Waals surface area (Å²) >= 11 is 0. The standard InChI is InChI=1S/C25H25NO3/c1-18-14-19(2)16-24(15-18)29-25(26-21-8-6-5-7-9-21)20(3)17-28-23-12-10-22(27-4)11-13-23/h5-17H,1-4H3/b20-17+,26-25?. The average molecular weight is 387 g/mol. The molecule has 0 unspecified atom stereocenters. The molecule has 0 radical (unpaired) electrons. The zero-order valence-corrected chi connectivity index (χ0v) is 17.2. The van der Waals surface area contributed by atoms with Crippen molar-refractivity contribution < 1.29 is 14.2 Å². The lowest BCUT2D eigenvalue weighted by atomic mass is 10.1. The number of para-hydroxylation sites is 1. The predicted molar refractivity (Wildman–Crippen MR) is 117 cm³/mol. The Kier molecular flexibility index (Phi) is 6.69. The third-order valence-corrected chi connectivity index (χ3v) is 4.17. The number of aliphatic imine (C=N–C) groups is 1. The quantitative estimate of drug-likeness (QED) is 0.279. The molecule has 0 aromatic heterocycles. The van der Waals surface area contributed by atoms with E-state index in [1.54, 1.807) is 13.4 Å². The third kappa shape index (κ3) is 5.98. The molecule has 0 aliphatic rings. The van der Waals surface area contributed by atoms with Gasteiger partial charge < -0.3 is 14.2 Å². The van der Waals surface area contributed by atoms with Crippen LogP contribution in [0.3, 0.4) is 0 Å². The van der Waals surface area contributed by atoms with Crippen LogP contribution in [-0.2, 0) is 0 Å². The van der Waals surface area contributed by atoms with E-state index in [1.807, 2.05) is 87.5 Å². The summed E-state index contributed by atoms with van der Waals surface area (Å²) in [5, 5.41) is 0. The summed E-state index contributed by atoms with van der Waals surface area (Å²) < 4.78 is 17.1. The van der Waals surface area contributed by atoms with Crippen LogP contribution in [-0.4, -0.2) is 13.0 Å². The number of hydrogen-bond donors (Lipinski definition) is 0. The van der Waals surface area contributed by atoms with Gasteiger partial charge in [-0.25, -0.2) is 4.99 Å². The molecular formula is C25H25NO3. The molecule has 0 spiro atoms. The molecule has 4 heteroatoms. The van der Waals surface area contributed by atoms with Crippen LogP contribution in [0.25, 0.3) is 0 Å². The second-order valence-electron chi connectivity index (χ2n) is 6.77. The summed E-state index contributed by atoms with van der Waals surface area (Å²) in [7, 11) is 1.64. The van der Waals surface area contributed by atoms with E-state index in [1.165, 1.54) is 0 Å². The van der Waals surface area contributed by atoms with E-state index in [0.29, 0.717) is 11.6 Å². The minimum absolute atomic E-state index is 0.481. The highest BCUT2D eigenvalue weighted by Gasteiger charge is 2.09. The van der Waals surface area contributed by atoms with Crippen molar-refractivity contribution in [3.05, 3.63) is 95.8 Å². The van der Waals surface area contributed by atoms with Crippen molar-refractivity contribution in [3.63, 3.8) is 0 Å². The van der Waals surface area contributed by atoms with Crippen LogP contribution in [0.15, 0.2) is 89.6 Å². The number of hydrogen-bond acceptors (Lipinski definition) is 4. The monoisotopic (exact) mass is 387 g/mol. The fourth-order valence-electron chi connectivity index (χ4n) is 2.78. The zero-order valence-electron chi connectivity index (χ0n) is 17.2. The van der Waals surface area contributed by atoms with E-state index < -0.39 is 0 Å². The van der Waals surface area contributed by atoms with Gasteiger partial charge in [0, 0.05) is 5.57 Å². The van der Waals surface area contributed by atoms with E-state index in [4.69, 9.17) is 14.2 Å². The van der Waals surface area contributed by atoms with Gasteiger partial charge in [-0.3, -0.25) is 0 Å².